The Morgan fingerprint density at radius 2 is 1.25 bits per heavy atom. The second-order valence-corrected chi connectivity index (χ2v) is 9.20. The van der Waals surface area contributed by atoms with Gasteiger partial charge in [0.1, 0.15) is 0 Å². The number of nitrogens with zero attached hydrogens (tertiary/aromatic N) is 2. The highest BCUT2D eigenvalue weighted by Crippen LogP contribution is 2.32. The van der Waals surface area contributed by atoms with Crippen LogP contribution in [-0.2, 0) is 17.6 Å². The molecule has 0 unspecified atom stereocenters. The average Bonchev–Trinajstić information content (AvgIpc) is 2.98. The Balaban J connectivity index is 1.95. The molecule has 0 N–H and O–H groups in total. The summed E-state index contributed by atoms with van der Waals surface area (Å²) in [6, 6.07) is 13.3. The molecule has 150 valence electrons. The monoisotopic (exact) mass is 378 g/mol. The maximum Gasteiger partial charge on any atom is 0.230 e. The Kier molecular flexibility index (Phi) is 5.95. The molecule has 1 fully saturated rings. The summed E-state index contributed by atoms with van der Waals surface area (Å²) in [5, 5.41) is 0. The molecule has 3 heteroatoms. The van der Waals surface area contributed by atoms with Gasteiger partial charge in [0, 0.05) is 13.1 Å². The normalized spacial score (nSPS) is 15.3. The number of benzene rings is 2. The van der Waals surface area contributed by atoms with E-state index in [1.54, 1.807) is 0 Å². The minimum absolute atomic E-state index is 0.273. The topological polar surface area (TPSA) is 23.6 Å². The average molecular weight is 379 g/mol. The fourth-order valence-electron chi connectivity index (χ4n) is 4.73. The molecule has 0 aliphatic carbocycles. The molecule has 0 atom stereocenters. The van der Waals surface area contributed by atoms with Gasteiger partial charge in [0.05, 0.1) is 12.1 Å². The lowest BCUT2D eigenvalue weighted by molar-refractivity contribution is -0.140. The minimum atomic E-state index is -0.453. The van der Waals surface area contributed by atoms with Crippen molar-refractivity contribution in [2.45, 2.75) is 47.5 Å². The SMILES string of the molecule is Cc1cc(C)cc(CC(C)(Cc2cc(C)cc(C)c2)C(=O)N2CCN(C)C2)c1. The van der Waals surface area contributed by atoms with E-state index >= 15 is 0 Å². The summed E-state index contributed by atoms with van der Waals surface area (Å²) in [4.78, 5) is 17.9. The fourth-order valence-corrected chi connectivity index (χ4v) is 4.73. The molecular weight excluding hydrogens is 344 g/mol. The van der Waals surface area contributed by atoms with Crippen molar-refractivity contribution in [2.75, 3.05) is 26.8 Å². The Hall–Kier alpha value is -2.13. The zero-order valence-electron chi connectivity index (χ0n) is 18.3. The molecule has 2 aromatic rings. The van der Waals surface area contributed by atoms with Crippen molar-refractivity contribution in [3.8, 4) is 0 Å². The molecule has 0 saturated carbocycles. The summed E-state index contributed by atoms with van der Waals surface area (Å²) in [5.41, 5.74) is 7.10. The van der Waals surface area contributed by atoms with Crippen LogP contribution < -0.4 is 0 Å². The Bertz CT molecular complexity index is 777. The first-order valence-electron chi connectivity index (χ1n) is 10.3. The van der Waals surface area contributed by atoms with Gasteiger partial charge in [-0.25, -0.2) is 0 Å². The number of likely N-dealkylation sites (N-methyl/N-ethyl adjacent to an activating group) is 1. The van der Waals surface area contributed by atoms with E-state index < -0.39 is 5.41 Å². The summed E-state index contributed by atoms with van der Waals surface area (Å²) < 4.78 is 0. The molecule has 1 aliphatic rings. The number of carbonyl (C=O) groups is 1. The largest absolute Gasteiger partial charge is 0.328 e. The third-order valence-electron chi connectivity index (χ3n) is 5.72. The van der Waals surface area contributed by atoms with Gasteiger partial charge in [-0.15, -0.1) is 0 Å². The van der Waals surface area contributed by atoms with Crippen molar-refractivity contribution < 1.29 is 4.79 Å². The molecule has 1 amide bonds. The second kappa shape index (κ2) is 8.08. The summed E-state index contributed by atoms with van der Waals surface area (Å²) in [5.74, 6) is 0.273. The Morgan fingerprint density at radius 1 is 0.821 bits per heavy atom. The third kappa shape index (κ3) is 4.82. The summed E-state index contributed by atoms with van der Waals surface area (Å²) in [6.45, 7) is 13.2. The highest BCUT2D eigenvalue weighted by Gasteiger charge is 2.38. The first-order chi connectivity index (χ1) is 13.1. The molecule has 0 aromatic heterocycles. The van der Waals surface area contributed by atoms with Crippen molar-refractivity contribution in [1.82, 2.24) is 9.80 Å². The summed E-state index contributed by atoms with van der Waals surface area (Å²) in [7, 11) is 2.08. The predicted octanol–water partition coefficient (Wildman–Crippen LogP) is 4.44. The lowest BCUT2D eigenvalue weighted by atomic mass is 9.76. The molecule has 0 radical (unpaired) electrons. The smallest absolute Gasteiger partial charge is 0.230 e. The number of hydrogen-bond acceptors (Lipinski definition) is 2. The van der Waals surface area contributed by atoms with Gasteiger partial charge in [-0.3, -0.25) is 9.69 Å². The van der Waals surface area contributed by atoms with E-state index in [1.807, 2.05) is 4.90 Å². The molecule has 1 aliphatic heterocycles. The second-order valence-electron chi connectivity index (χ2n) is 9.20. The number of carbonyl (C=O) groups excluding carboxylic acids is 1. The minimum Gasteiger partial charge on any atom is -0.328 e. The fraction of sp³-hybridized carbons (Fsp3) is 0.480. The molecule has 3 rings (SSSR count). The van der Waals surface area contributed by atoms with Gasteiger partial charge in [-0.1, -0.05) is 65.6 Å². The van der Waals surface area contributed by atoms with Gasteiger partial charge < -0.3 is 4.90 Å². The van der Waals surface area contributed by atoms with Gasteiger partial charge >= 0.3 is 0 Å². The van der Waals surface area contributed by atoms with E-state index in [2.05, 4.69) is 83.0 Å². The van der Waals surface area contributed by atoms with Crippen LogP contribution in [0.1, 0.15) is 40.3 Å². The van der Waals surface area contributed by atoms with Gasteiger partial charge in [-0.05, 0) is 58.7 Å². The lowest BCUT2D eigenvalue weighted by Gasteiger charge is -2.33. The highest BCUT2D eigenvalue weighted by molar-refractivity contribution is 5.83. The standard InChI is InChI=1S/C25H34N2O/c1-18-9-19(2)12-22(11-18)15-25(5,24(28)27-8-7-26(6)17-27)16-23-13-20(3)10-21(4)14-23/h9-14H,7-8,15-17H2,1-6H3. The number of rotatable bonds is 5. The molecule has 1 heterocycles. The number of hydrogen-bond donors (Lipinski definition) is 0. The molecule has 28 heavy (non-hydrogen) atoms. The van der Waals surface area contributed by atoms with Crippen LogP contribution in [0, 0.1) is 33.1 Å². The van der Waals surface area contributed by atoms with Gasteiger partial charge in [0.2, 0.25) is 5.91 Å². The van der Waals surface area contributed by atoms with E-state index in [-0.39, 0.29) is 5.91 Å². The lowest BCUT2D eigenvalue weighted by Crippen LogP contribution is -2.44. The van der Waals surface area contributed by atoms with Crippen molar-refractivity contribution in [3.05, 3.63) is 69.8 Å². The quantitative estimate of drug-likeness (QED) is 0.768. The molecule has 0 bridgehead atoms. The maximum atomic E-state index is 13.7. The van der Waals surface area contributed by atoms with E-state index in [0.29, 0.717) is 0 Å². The number of aryl methyl sites for hydroxylation is 4. The van der Waals surface area contributed by atoms with Crippen molar-refractivity contribution in [1.29, 1.82) is 0 Å². The van der Waals surface area contributed by atoms with E-state index in [1.165, 1.54) is 33.4 Å². The van der Waals surface area contributed by atoms with Gasteiger partial charge in [0.25, 0.3) is 0 Å². The summed E-state index contributed by atoms with van der Waals surface area (Å²) in [6.07, 6.45) is 1.53. The van der Waals surface area contributed by atoms with E-state index in [9.17, 15) is 4.79 Å². The Labute approximate surface area is 170 Å². The highest BCUT2D eigenvalue weighted by atomic mass is 16.2. The van der Waals surface area contributed by atoms with Crippen LogP contribution in [0.4, 0.5) is 0 Å². The van der Waals surface area contributed by atoms with Gasteiger partial charge in [0.15, 0.2) is 0 Å². The first-order valence-corrected chi connectivity index (χ1v) is 10.3. The van der Waals surface area contributed by atoms with Crippen LogP contribution in [0.2, 0.25) is 0 Å². The zero-order valence-corrected chi connectivity index (χ0v) is 18.3. The van der Waals surface area contributed by atoms with Crippen LogP contribution in [0.5, 0.6) is 0 Å². The molecule has 3 nitrogen and oxygen atoms in total. The molecule has 2 aromatic carbocycles. The summed E-state index contributed by atoms with van der Waals surface area (Å²) >= 11 is 0. The first kappa shape index (κ1) is 20.6. The maximum absolute atomic E-state index is 13.7. The van der Waals surface area contributed by atoms with Crippen LogP contribution in [0.3, 0.4) is 0 Å². The predicted molar refractivity (Wildman–Crippen MR) is 117 cm³/mol. The van der Waals surface area contributed by atoms with Crippen LogP contribution in [0.15, 0.2) is 36.4 Å². The zero-order chi connectivity index (χ0) is 20.5. The number of amides is 1. The van der Waals surface area contributed by atoms with Crippen molar-refractivity contribution in [2.24, 2.45) is 5.41 Å². The Morgan fingerprint density at radius 3 is 1.61 bits per heavy atom. The van der Waals surface area contributed by atoms with Crippen LogP contribution in [-0.4, -0.2) is 42.5 Å². The van der Waals surface area contributed by atoms with Crippen molar-refractivity contribution in [3.63, 3.8) is 0 Å². The molecule has 0 spiro atoms. The van der Waals surface area contributed by atoms with E-state index in [0.717, 1.165) is 32.6 Å². The third-order valence-corrected chi connectivity index (χ3v) is 5.72. The molecular formula is C25H34N2O. The van der Waals surface area contributed by atoms with Gasteiger partial charge in [-0.2, -0.15) is 0 Å². The van der Waals surface area contributed by atoms with Crippen LogP contribution in [0.25, 0.3) is 0 Å². The van der Waals surface area contributed by atoms with Crippen molar-refractivity contribution >= 4 is 5.91 Å². The molecule has 1 saturated heterocycles. The van der Waals surface area contributed by atoms with Crippen LogP contribution >= 0.6 is 0 Å². The van der Waals surface area contributed by atoms with E-state index in [4.69, 9.17) is 0 Å².